The van der Waals surface area contributed by atoms with Crippen molar-refractivity contribution in [3.63, 3.8) is 0 Å². The van der Waals surface area contributed by atoms with Crippen LogP contribution in [0.3, 0.4) is 0 Å². The molecule has 0 unspecified atom stereocenters. The van der Waals surface area contributed by atoms with Gasteiger partial charge in [0.2, 0.25) is 5.69 Å². The van der Waals surface area contributed by atoms with Crippen molar-refractivity contribution < 1.29 is 4.57 Å². The maximum atomic E-state index is 2.40. The average molecular weight is 366 g/mol. The van der Waals surface area contributed by atoms with Crippen molar-refractivity contribution >= 4 is 32.6 Å². The Morgan fingerprint density at radius 2 is 1.57 bits per heavy atom. The van der Waals surface area contributed by atoms with Crippen LogP contribution in [0.4, 0.5) is 0 Å². The summed E-state index contributed by atoms with van der Waals surface area (Å²) in [5.74, 6) is 0. The molecule has 0 aliphatic heterocycles. The fourth-order valence-electron chi connectivity index (χ4n) is 4.89. The van der Waals surface area contributed by atoms with Gasteiger partial charge in [-0.3, -0.25) is 0 Å². The lowest BCUT2D eigenvalue weighted by Gasteiger charge is -2.10. The molecule has 5 rings (SSSR count). The van der Waals surface area contributed by atoms with Crippen LogP contribution in [0.5, 0.6) is 0 Å². The van der Waals surface area contributed by atoms with E-state index in [0.717, 1.165) is 0 Å². The zero-order valence-corrected chi connectivity index (χ0v) is 17.2. The van der Waals surface area contributed by atoms with E-state index in [2.05, 4.69) is 105 Å². The van der Waals surface area contributed by atoms with E-state index in [-0.39, 0.29) is 0 Å². The van der Waals surface area contributed by atoms with E-state index < -0.39 is 0 Å². The lowest BCUT2D eigenvalue weighted by Crippen LogP contribution is -2.32. The third-order valence-electron chi connectivity index (χ3n) is 6.07. The van der Waals surface area contributed by atoms with Gasteiger partial charge >= 0.3 is 0 Å². The van der Waals surface area contributed by atoms with E-state index in [9.17, 15) is 0 Å². The number of aryl methyl sites for hydroxylation is 5. The second-order valence-electron chi connectivity index (χ2n) is 8.06. The van der Waals surface area contributed by atoms with Gasteiger partial charge in [-0.25, -0.2) is 0 Å². The highest BCUT2D eigenvalue weighted by Gasteiger charge is 2.24. The Morgan fingerprint density at radius 1 is 0.786 bits per heavy atom. The molecule has 0 aliphatic carbocycles. The summed E-state index contributed by atoms with van der Waals surface area (Å²) in [7, 11) is 4.38. The predicted octanol–water partition coefficient (Wildman–Crippen LogP) is 5.90. The molecule has 2 heterocycles. The molecule has 138 valence electrons. The molecule has 5 aromatic rings. The summed E-state index contributed by atoms with van der Waals surface area (Å²) in [6, 6.07) is 20.0. The number of pyridine rings is 1. The van der Waals surface area contributed by atoms with Gasteiger partial charge in [0.05, 0.1) is 11.1 Å². The van der Waals surface area contributed by atoms with Crippen LogP contribution in [0.15, 0.2) is 60.8 Å². The van der Waals surface area contributed by atoms with Crippen molar-refractivity contribution in [3.8, 4) is 11.3 Å². The van der Waals surface area contributed by atoms with Crippen LogP contribution in [0.25, 0.3) is 43.8 Å². The Bertz CT molecular complexity index is 1400. The van der Waals surface area contributed by atoms with Gasteiger partial charge in [-0.1, -0.05) is 54.1 Å². The SMILES string of the molecule is Cc1ccc(-c2c3c(c(C)c[n+]2C)c2ccc4ccccc4c2n3C)c(C)c1. The Kier molecular flexibility index (Phi) is 3.60. The molecule has 0 atom stereocenters. The van der Waals surface area contributed by atoms with E-state index >= 15 is 0 Å². The van der Waals surface area contributed by atoms with Gasteiger partial charge < -0.3 is 4.57 Å². The second-order valence-corrected chi connectivity index (χ2v) is 8.06. The van der Waals surface area contributed by atoms with E-state index in [1.807, 2.05) is 0 Å². The lowest BCUT2D eigenvalue weighted by atomic mass is 9.99. The topological polar surface area (TPSA) is 8.81 Å². The number of nitrogens with zero attached hydrogens (tertiary/aromatic N) is 2. The van der Waals surface area contributed by atoms with Gasteiger partial charge in [0.25, 0.3) is 0 Å². The van der Waals surface area contributed by atoms with Crippen molar-refractivity contribution in [2.45, 2.75) is 20.8 Å². The van der Waals surface area contributed by atoms with E-state index in [0.29, 0.717) is 0 Å². The maximum absolute atomic E-state index is 2.40. The first-order valence-electron chi connectivity index (χ1n) is 9.84. The van der Waals surface area contributed by atoms with Gasteiger partial charge in [0.15, 0.2) is 6.20 Å². The molecule has 0 fully saturated rings. The Labute approximate surface area is 165 Å². The fraction of sp³-hybridized carbons (Fsp3) is 0.192. The summed E-state index contributed by atoms with van der Waals surface area (Å²) in [6.07, 6.45) is 2.27. The Hall–Kier alpha value is -3.13. The van der Waals surface area contributed by atoms with Gasteiger partial charge in [0, 0.05) is 28.8 Å². The molecule has 0 radical (unpaired) electrons. The highest BCUT2D eigenvalue weighted by molar-refractivity contribution is 6.20. The first kappa shape index (κ1) is 17.0. The van der Waals surface area contributed by atoms with Crippen LogP contribution in [0, 0.1) is 20.8 Å². The molecule has 0 saturated heterocycles. The third kappa shape index (κ3) is 2.24. The largest absolute Gasteiger partial charge is 0.338 e. The van der Waals surface area contributed by atoms with Crippen LogP contribution in [-0.2, 0) is 14.1 Å². The van der Waals surface area contributed by atoms with Crippen molar-refractivity contribution in [2.24, 2.45) is 14.1 Å². The first-order chi connectivity index (χ1) is 13.5. The molecule has 0 amide bonds. The minimum Gasteiger partial charge on any atom is -0.338 e. The molecule has 2 nitrogen and oxygen atoms in total. The highest BCUT2D eigenvalue weighted by atomic mass is 15.0. The van der Waals surface area contributed by atoms with Crippen LogP contribution >= 0.6 is 0 Å². The molecule has 0 aliphatic rings. The van der Waals surface area contributed by atoms with Crippen LogP contribution in [-0.4, -0.2) is 4.57 Å². The van der Waals surface area contributed by atoms with Crippen LogP contribution in [0.1, 0.15) is 16.7 Å². The normalized spacial score (nSPS) is 11.8. The molecule has 3 aromatic carbocycles. The molecule has 2 heteroatoms. The van der Waals surface area contributed by atoms with E-state index in [1.165, 1.54) is 60.5 Å². The summed E-state index contributed by atoms with van der Waals surface area (Å²) < 4.78 is 4.69. The third-order valence-corrected chi connectivity index (χ3v) is 6.07. The highest BCUT2D eigenvalue weighted by Crippen LogP contribution is 2.38. The van der Waals surface area contributed by atoms with Gasteiger partial charge in [-0.05, 0) is 37.8 Å². The van der Waals surface area contributed by atoms with Crippen LogP contribution < -0.4 is 4.57 Å². The Balaban J connectivity index is 2.04. The van der Waals surface area contributed by atoms with E-state index in [1.54, 1.807) is 0 Å². The molecule has 0 saturated carbocycles. The monoisotopic (exact) mass is 365 g/mol. The van der Waals surface area contributed by atoms with Crippen molar-refractivity contribution in [3.05, 3.63) is 77.5 Å². The van der Waals surface area contributed by atoms with Gasteiger partial charge in [-0.15, -0.1) is 0 Å². The van der Waals surface area contributed by atoms with Crippen molar-refractivity contribution in [1.82, 2.24) is 4.57 Å². The summed E-state index contributed by atoms with van der Waals surface area (Å²) in [5.41, 5.74) is 9.13. The van der Waals surface area contributed by atoms with Crippen molar-refractivity contribution in [1.29, 1.82) is 0 Å². The summed E-state index contributed by atoms with van der Waals surface area (Å²) in [5, 5.41) is 5.29. The average Bonchev–Trinajstić information content (AvgIpc) is 2.97. The number of fused-ring (bicyclic) bond motifs is 5. The minimum atomic E-state index is 1.28. The Morgan fingerprint density at radius 3 is 2.36 bits per heavy atom. The number of benzene rings is 3. The van der Waals surface area contributed by atoms with Gasteiger partial charge in [-0.2, -0.15) is 4.57 Å². The zero-order valence-electron chi connectivity index (χ0n) is 17.2. The second kappa shape index (κ2) is 5.93. The maximum Gasteiger partial charge on any atom is 0.237 e. The molecular formula is C26H25N2+. The van der Waals surface area contributed by atoms with Crippen LogP contribution in [0.2, 0.25) is 0 Å². The number of aromatic nitrogens is 2. The number of hydrogen-bond acceptors (Lipinski definition) is 0. The lowest BCUT2D eigenvalue weighted by molar-refractivity contribution is -0.659. The van der Waals surface area contributed by atoms with E-state index in [4.69, 9.17) is 0 Å². The molecule has 28 heavy (non-hydrogen) atoms. The number of hydrogen-bond donors (Lipinski definition) is 0. The molecule has 2 aromatic heterocycles. The zero-order chi connectivity index (χ0) is 19.6. The molecule has 0 bridgehead atoms. The number of rotatable bonds is 1. The standard InChI is InChI=1S/C26H25N2/c1-16-10-12-20(17(2)14-16)25-26-23(18(3)15-27(25)4)22-13-11-19-8-6-7-9-21(19)24(22)28(26)5/h6-15H,1-5H3/q+1. The van der Waals surface area contributed by atoms with Crippen molar-refractivity contribution in [2.75, 3.05) is 0 Å². The smallest absolute Gasteiger partial charge is 0.237 e. The first-order valence-corrected chi connectivity index (χ1v) is 9.84. The summed E-state index contributed by atoms with van der Waals surface area (Å²) in [6.45, 7) is 6.60. The molecule has 0 N–H and O–H groups in total. The summed E-state index contributed by atoms with van der Waals surface area (Å²) in [4.78, 5) is 0. The molecule has 0 spiro atoms. The minimum absolute atomic E-state index is 1.28. The quantitative estimate of drug-likeness (QED) is 0.327. The molecular weight excluding hydrogens is 340 g/mol. The van der Waals surface area contributed by atoms with Gasteiger partial charge in [0.1, 0.15) is 12.6 Å². The summed E-state index contributed by atoms with van der Waals surface area (Å²) >= 11 is 0. The fourth-order valence-corrected chi connectivity index (χ4v) is 4.89. The predicted molar refractivity (Wildman–Crippen MR) is 119 cm³/mol.